The van der Waals surface area contributed by atoms with Crippen LogP contribution in [0.15, 0.2) is 65.7 Å². The van der Waals surface area contributed by atoms with E-state index in [1.807, 2.05) is 42.5 Å². The van der Waals surface area contributed by atoms with Crippen molar-refractivity contribution >= 4 is 5.71 Å². The molecule has 0 spiro atoms. The third-order valence-corrected chi connectivity index (χ3v) is 8.92. The maximum atomic E-state index is 10.7. The van der Waals surface area contributed by atoms with Crippen LogP contribution in [0.5, 0.6) is 46.0 Å². The van der Waals surface area contributed by atoms with E-state index in [9.17, 15) is 5.11 Å². The zero-order valence-corrected chi connectivity index (χ0v) is 25.5. The van der Waals surface area contributed by atoms with Crippen LogP contribution in [0.4, 0.5) is 0 Å². The highest BCUT2D eigenvalue weighted by Crippen LogP contribution is 2.49. The van der Waals surface area contributed by atoms with Gasteiger partial charge in [-0.1, -0.05) is 18.2 Å². The predicted octanol–water partition coefficient (Wildman–Crippen LogP) is 6.68. The monoisotopic (exact) mass is 592 g/mol. The molecular weight excluding hydrogens is 556 g/mol. The summed E-state index contributed by atoms with van der Waals surface area (Å²) in [7, 11) is 7.10. The fraction of sp³-hybridized carbons (Fsp3) is 0.306. The Morgan fingerprint density at radius 2 is 1.59 bits per heavy atom. The van der Waals surface area contributed by atoms with Gasteiger partial charge in [-0.05, 0) is 96.6 Å². The van der Waals surface area contributed by atoms with E-state index in [1.165, 1.54) is 11.1 Å². The van der Waals surface area contributed by atoms with Gasteiger partial charge < -0.3 is 28.8 Å². The molecule has 0 amide bonds. The molecule has 4 heterocycles. The molecule has 0 unspecified atom stereocenters. The molecule has 6 bridgehead atoms. The molecule has 8 rings (SSSR count). The van der Waals surface area contributed by atoms with E-state index in [4.69, 9.17) is 28.7 Å². The molecule has 1 N–H and O–H groups in total. The smallest absolute Gasteiger partial charge is 0.204 e. The molecule has 44 heavy (non-hydrogen) atoms. The molecular formula is C36H36N2O6. The molecule has 4 aromatic rings. The lowest BCUT2D eigenvalue weighted by Gasteiger charge is -2.35. The first-order valence-electron chi connectivity index (χ1n) is 14.9. The number of aromatic hydroxyl groups is 1. The Bertz CT molecular complexity index is 1760. The molecule has 0 aromatic heterocycles. The average Bonchev–Trinajstić information content (AvgIpc) is 3.04. The highest BCUT2D eigenvalue weighted by molar-refractivity contribution is 6.07. The molecule has 8 nitrogen and oxygen atoms in total. The van der Waals surface area contributed by atoms with Gasteiger partial charge in [0.2, 0.25) is 5.75 Å². The van der Waals surface area contributed by atoms with Gasteiger partial charge >= 0.3 is 0 Å². The minimum Gasteiger partial charge on any atom is -0.504 e. The largest absolute Gasteiger partial charge is 0.504 e. The Labute approximate surface area is 257 Å². The van der Waals surface area contributed by atoms with E-state index in [2.05, 4.69) is 24.1 Å². The van der Waals surface area contributed by atoms with Crippen molar-refractivity contribution in [2.24, 2.45) is 4.99 Å². The number of rotatable bonds is 3. The van der Waals surface area contributed by atoms with E-state index < -0.39 is 0 Å². The number of nitrogens with zero attached hydrogens (tertiary/aromatic N) is 2. The molecule has 226 valence electrons. The van der Waals surface area contributed by atoms with Crippen LogP contribution in [0.25, 0.3) is 0 Å². The molecule has 0 saturated heterocycles. The second kappa shape index (κ2) is 11.4. The number of benzene rings is 4. The van der Waals surface area contributed by atoms with Gasteiger partial charge in [-0.25, -0.2) is 0 Å². The van der Waals surface area contributed by atoms with Gasteiger partial charge in [0.15, 0.2) is 34.5 Å². The van der Waals surface area contributed by atoms with Crippen LogP contribution in [-0.2, 0) is 25.7 Å². The summed E-state index contributed by atoms with van der Waals surface area (Å²) in [6.45, 7) is 1.58. The number of fused-ring (bicyclic) bond motifs is 2. The van der Waals surface area contributed by atoms with Crippen LogP contribution in [0.3, 0.4) is 0 Å². The van der Waals surface area contributed by atoms with Crippen LogP contribution in [0.1, 0.15) is 39.4 Å². The van der Waals surface area contributed by atoms with E-state index in [0.29, 0.717) is 53.2 Å². The van der Waals surface area contributed by atoms with Crippen LogP contribution in [0, 0.1) is 0 Å². The number of aliphatic imine (C=N–C) groups is 1. The Balaban J connectivity index is 1.46. The summed E-state index contributed by atoms with van der Waals surface area (Å²) in [5.41, 5.74) is 7.46. The molecule has 1 atom stereocenters. The lowest BCUT2D eigenvalue weighted by atomic mass is 9.88. The van der Waals surface area contributed by atoms with Crippen molar-refractivity contribution in [1.82, 2.24) is 4.90 Å². The Morgan fingerprint density at radius 1 is 0.818 bits per heavy atom. The molecule has 0 radical (unpaired) electrons. The van der Waals surface area contributed by atoms with Crippen molar-refractivity contribution in [3.8, 4) is 46.0 Å². The minimum absolute atomic E-state index is 0.0702. The quantitative estimate of drug-likeness (QED) is 0.284. The first-order chi connectivity index (χ1) is 21.4. The van der Waals surface area contributed by atoms with E-state index in [-0.39, 0.29) is 11.8 Å². The summed E-state index contributed by atoms with van der Waals surface area (Å²) in [5, 5.41) is 10.7. The minimum atomic E-state index is 0.0702. The Morgan fingerprint density at radius 3 is 2.36 bits per heavy atom. The van der Waals surface area contributed by atoms with Crippen molar-refractivity contribution in [1.29, 1.82) is 0 Å². The first-order valence-corrected chi connectivity index (χ1v) is 14.9. The SMILES string of the molecule is COc1cc2c3cc1Oc1c(OC)c(OC)cc4c1C(=NCC4)Cc1ccc(cc1)Oc1cc(ccc1O)C[C@H]3N(C)CC2. The fourth-order valence-electron chi connectivity index (χ4n) is 6.59. The van der Waals surface area contributed by atoms with Crippen molar-refractivity contribution in [2.45, 2.75) is 31.7 Å². The number of ether oxygens (including phenoxy) is 5. The van der Waals surface area contributed by atoms with E-state index in [1.54, 1.807) is 27.4 Å². The van der Waals surface area contributed by atoms with Crippen molar-refractivity contribution in [3.05, 3.63) is 94.0 Å². The zero-order valence-electron chi connectivity index (χ0n) is 25.5. The van der Waals surface area contributed by atoms with Gasteiger partial charge in [0, 0.05) is 31.1 Å². The van der Waals surface area contributed by atoms with Crippen molar-refractivity contribution in [3.63, 3.8) is 0 Å². The fourth-order valence-corrected chi connectivity index (χ4v) is 6.59. The molecule has 4 aromatic carbocycles. The second-order valence-corrected chi connectivity index (χ2v) is 11.5. The number of phenolic OH excluding ortho intramolecular Hbond substituents is 1. The first kappa shape index (κ1) is 28.1. The lowest BCUT2D eigenvalue weighted by Crippen LogP contribution is -2.33. The number of hydrogen-bond donors (Lipinski definition) is 1. The zero-order chi connectivity index (χ0) is 30.4. The summed E-state index contributed by atoms with van der Waals surface area (Å²) in [6, 6.07) is 19.8. The summed E-state index contributed by atoms with van der Waals surface area (Å²) in [5.74, 6) is 4.16. The van der Waals surface area contributed by atoms with Crippen LogP contribution >= 0.6 is 0 Å². The Kier molecular flexibility index (Phi) is 7.30. The summed E-state index contributed by atoms with van der Waals surface area (Å²) in [4.78, 5) is 7.34. The maximum Gasteiger partial charge on any atom is 0.204 e. The van der Waals surface area contributed by atoms with Gasteiger partial charge in [0.25, 0.3) is 0 Å². The molecule has 0 aliphatic carbocycles. The summed E-state index contributed by atoms with van der Waals surface area (Å²) >= 11 is 0. The second-order valence-electron chi connectivity index (χ2n) is 11.5. The molecule has 8 heteroatoms. The van der Waals surface area contributed by atoms with E-state index in [0.717, 1.165) is 53.8 Å². The van der Waals surface area contributed by atoms with E-state index >= 15 is 0 Å². The standard InChI is InChI=1S/C36H36N2O6/c1-38-14-12-23-18-31(40-2)32-20-26(23)28(38)16-22-7-10-29(39)30(17-22)43-25-8-5-21(6-9-25)15-27-34-24(11-13-37-27)19-33(41-3)35(42-4)36(34)44-32/h5-10,17-20,28,39H,11-16H2,1-4H3/t28-/m1/s1. The third-order valence-electron chi connectivity index (χ3n) is 8.92. The van der Waals surface area contributed by atoms with Crippen molar-refractivity contribution < 1.29 is 28.8 Å². The highest BCUT2D eigenvalue weighted by atomic mass is 16.5. The summed E-state index contributed by atoms with van der Waals surface area (Å²) in [6.07, 6.45) is 2.97. The molecule has 0 saturated carbocycles. The molecule has 4 aliphatic rings. The Hall–Kier alpha value is -4.69. The van der Waals surface area contributed by atoms with Gasteiger partial charge in [-0.15, -0.1) is 0 Å². The molecule has 0 fully saturated rings. The normalized spacial score (nSPS) is 17.3. The summed E-state index contributed by atoms with van der Waals surface area (Å²) < 4.78 is 30.7. The molecule has 4 aliphatic heterocycles. The number of phenols is 1. The van der Waals surface area contributed by atoms with Gasteiger partial charge in [-0.2, -0.15) is 0 Å². The van der Waals surface area contributed by atoms with Crippen molar-refractivity contribution in [2.75, 3.05) is 41.5 Å². The van der Waals surface area contributed by atoms with Gasteiger partial charge in [0.05, 0.1) is 27.0 Å². The predicted molar refractivity (Wildman–Crippen MR) is 169 cm³/mol. The van der Waals surface area contributed by atoms with Gasteiger partial charge in [-0.3, -0.25) is 9.89 Å². The average molecular weight is 593 g/mol. The number of likely N-dealkylation sites (N-methyl/N-ethyl adjacent to an activating group) is 1. The lowest BCUT2D eigenvalue weighted by molar-refractivity contribution is 0.228. The number of methoxy groups -OCH3 is 3. The van der Waals surface area contributed by atoms with Gasteiger partial charge in [0.1, 0.15) is 5.75 Å². The third kappa shape index (κ3) is 4.99. The number of hydrogen-bond acceptors (Lipinski definition) is 8. The van der Waals surface area contributed by atoms with Crippen LogP contribution in [0.2, 0.25) is 0 Å². The highest BCUT2D eigenvalue weighted by Gasteiger charge is 2.31. The van der Waals surface area contributed by atoms with Crippen LogP contribution < -0.4 is 23.7 Å². The topological polar surface area (TPSA) is 82.0 Å². The van der Waals surface area contributed by atoms with Crippen LogP contribution in [-0.4, -0.2) is 57.2 Å². The maximum absolute atomic E-state index is 10.7.